The first-order valence-corrected chi connectivity index (χ1v) is 4.12. The van der Waals surface area contributed by atoms with Crippen LogP contribution in [-0.4, -0.2) is 15.2 Å². The van der Waals surface area contributed by atoms with Crippen LogP contribution in [0.15, 0.2) is 12.5 Å². The molecule has 0 spiro atoms. The Labute approximate surface area is 75.8 Å². The topological polar surface area (TPSA) is 42.9 Å². The molecule has 0 bridgehead atoms. The molecule has 4 heteroatoms. The normalized spacial score (nSPS) is 9.83. The number of aromatic nitrogens is 2. The van der Waals surface area contributed by atoms with E-state index in [1.165, 1.54) is 12.5 Å². The van der Waals surface area contributed by atoms with E-state index in [-0.39, 0.29) is 0 Å². The molecule has 64 valence electrons. The van der Waals surface area contributed by atoms with E-state index in [0.717, 1.165) is 18.5 Å². The fourth-order valence-electron chi connectivity index (χ4n) is 0.955. The van der Waals surface area contributed by atoms with Gasteiger partial charge >= 0.3 is 0 Å². The maximum atomic E-state index is 10.8. The highest BCUT2D eigenvalue weighted by Gasteiger charge is 2.08. The van der Waals surface area contributed by atoms with Crippen LogP contribution in [0.4, 0.5) is 0 Å². The van der Waals surface area contributed by atoms with Crippen molar-refractivity contribution < 1.29 is 4.79 Å². The molecule has 0 fully saturated rings. The highest BCUT2D eigenvalue weighted by Crippen LogP contribution is 2.08. The van der Waals surface area contributed by atoms with Crippen LogP contribution in [0.2, 0.25) is 0 Å². The lowest BCUT2D eigenvalue weighted by atomic mass is 10.1. The molecule has 0 aliphatic rings. The van der Waals surface area contributed by atoms with Crippen LogP contribution in [0.5, 0.6) is 0 Å². The van der Waals surface area contributed by atoms with Gasteiger partial charge in [-0.05, 0) is 18.0 Å². The Morgan fingerprint density at radius 1 is 1.67 bits per heavy atom. The van der Waals surface area contributed by atoms with Crippen molar-refractivity contribution >= 4 is 16.8 Å². The molecule has 1 heterocycles. The molecule has 0 saturated heterocycles. The van der Waals surface area contributed by atoms with Gasteiger partial charge in [0.25, 0.3) is 5.24 Å². The fourth-order valence-corrected chi connectivity index (χ4v) is 1.11. The van der Waals surface area contributed by atoms with E-state index in [0.29, 0.717) is 5.56 Å². The van der Waals surface area contributed by atoms with Crippen LogP contribution in [0, 0.1) is 0 Å². The third-order valence-electron chi connectivity index (χ3n) is 1.49. The quantitative estimate of drug-likeness (QED) is 0.673. The molecule has 0 unspecified atom stereocenters. The summed E-state index contributed by atoms with van der Waals surface area (Å²) < 4.78 is 0. The van der Waals surface area contributed by atoms with Crippen molar-refractivity contribution in [1.29, 1.82) is 0 Å². The largest absolute Gasteiger partial charge is 0.275 e. The van der Waals surface area contributed by atoms with E-state index < -0.39 is 5.24 Å². The van der Waals surface area contributed by atoms with E-state index in [1.54, 1.807) is 0 Å². The van der Waals surface area contributed by atoms with Gasteiger partial charge in [-0.1, -0.05) is 13.3 Å². The van der Waals surface area contributed by atoms with E-state index in [1.807, 2.05) is 6.92 Å². The van der Waals surface area contributed by atoms with Crippen LogP contribution < -0.4 is 0 Å². The maximum Gasteiger partial charge on any atom is 0.255 e. The van der Waals surface area contributed by atoms with Crippen molar-refractivity contribution in [2.75, 3.05) is 0 Å². The Balaban J connectivity index is 3.00. The molecule has 12 heavy (non-hydrogen) atoms. The summed E-state index contributed by atoms with van der Waals surface area (Å²) in [4.78, 5) is 18.5. The van der Waals surface area contributed by atoms with Gasteiger partial charge in [0.1, 0.15) is 6.33 Å². The van der Waals surface area contributed by atoms with Gasteiger partial charge in [0.2, 0.25) is 0 Å². The molecule has 0 atom stereocenters. The van der Waals surface area contributed by atoms with E-state index in [4.69, 9.17) is 11.6 Å². The molecule has 1 aromatic heterocycles. The summed E-state index contributed by atoms with van der Waals surface area (Å²) in [5.41, 5.74) is 1.15. The third-order valence-corrected chi connectivity index (χ3v) is 1.70. The monoisotopic (exact) mass is 184 g/mol. The highest BCUT2D eigenvalue weighted by atomic mass is 35.5. The van der Waals surface area contributed by atoms with Gasteiger partial charge in [0.05, 0.1) is 11.3 Å². The lowest BCUT2D eigenvalue weighted by Gasteiger charge is -2.00. The van der Waals surface area contributed by atoms with Crippen LogP contribution in [0.1, 0.15) is 29.4 Å². The Kier molecular flexibility index (Phi) is 3.17. The van der Waals surface area contributed by atoms with Gasteiger partial charge in [0.15, 0.2) is 0 Å². The number of aryl methyl sites for hydroxylation is 1. The number of carbonyl (C=O) groups is 1. The van der Waals surface area contributed by atoms with Gasteiger partial charge in [-0.2, -0.15) is 0 Å². The van der Waals surface area contributed by atoms with Crippen molar-refractivity contribution in [1.82, 2.24) is 9.97 Å². The maximum absolute atomic E-state index is 10.8. The Morgan fingerprint density at radius 3 is 3.00 bits per heavy atom. The van der Waals surface area contributed by atoms with E-state index in [2.05, 4.69) is 9.97 Å². The van der Waals surface area contributed by atoms with Crippen molar-refractivity contribution in [3.05, 3.63) is 23.8 Å². The lowest BCUT2D eigenvalue weighted by Crippen LogP contribution is -2.01. The summed E-state index contributed by atoms with van der Waals surface area (Å²) in [6.07, 6.45) is 4.58. The van der Waals surface area contributed by atoms with Crippen LogP contribution in [-0.2, 0) is 6.42 Å². The van der Waals surface area contributed by atoms with Gasteiger partial charge in [0, 0.05) is 6.20 Å². The second-order valence-corrected chi connectivity index (χ2v) is 2.75. The zero-order valence-corrected chi connectivity index (χ0v) is 7.51. The first kappa shape index (κ1) is 9.13. The van der Waals surface area contributed by atoms with Crippen molar-refractivity contribution in [3.63, 3.8) is 0 Å². The first-order valence-electron chi connectivity index (χ1n) is 3.74. The van der Waals surface area contributed by atoms with Gasteiger partial charge in [-0.15, -0.1) is 0 Å². The molecule has 0 aromatic carbocycles. The lowest BCUT2D eigenvalue weighted by molar-refractivity contribution is 0.107. The molecule has 0 radical (unpaired) electrons. The molecule has 0 aliphatic carbocycles. The summed E-state index contributed by atoms with van der Waals surface area (Å²) in [5.74, 6) is 0. The Hall–Kier alpha value is -0.960. The average Bonchev–Trinajstić information content (AvgIpc) is 2.05. The van der Waals surface area contributed by atoms with Crippen molar-refractivity contribution in [2.24, 2.45) is 0 Å². The summed E-state index contributed by atoms with van der Waals surface area (Å²) >= 11 is 5.33. The number of hydrogen-bond acceptors (Lipinski definition) is 3. The number of rotatable bonds is 3. The predicted molar refractivity (Wildman–Crippen MR) is 46.2 cm³/mol. The molecule has 0 aliphatic heterocycles. The summed E-state index contributed by atoms with van der Waals surface area (Å²) in [5, 5.41) is -0.487. The van der Waals surface area contributed by atoms with Gasteiger partial charge in [-0.3, -0.25) is 4.79 Å². The summed E-state index contributed by atoms with van der Waals surface area (Å²) in [6, 6.07) is 0. The SMILES string of the molecule is CCCc1ncncc1C(=O)Cl. The standard InChI is InChI=1S/C8H9ClN2O/c1-2-3-7-6(8(9)12)4-10-5-11-7/h4-5H,2-3H2,1H3. The zero-order valence-electron chi connectivity index (χ0n) is 6.75. The predicted octanol–water partition coefficient (Wildman–Crippen LogP) is 1.81. The van der Waals surface area contributed by atoms with E-state index in [9.17, 15) is 4.79 Å². The van der Waals surface area contributed by atoms with Crippen LogP contribution in [0.25, 0.3) is 0 Å². The minimum absolute atomic E-state index is 0.418. The second-order valence-electron chi connectivity index (χ2n) is 2.41. The van der Waals surface area contributed by atoms with Gasteiger partial charge < -0.3 is 0 Å². The number of carbonyl (C=O) groups excluding carboxylic acids is 1. The molecule has 1 aromatic rings. The average molecular weight is 185 g/mol. The van der Waals surface area contributed by atoms with Crippen LogP contribution >= 0.6 is 11.6 Å². The van der Waals surface area contributed by atoms with Crippen LogP contribution in [0.3, 0.4) is 0 Å². The summed E-state index contributed by atoms with van der Waals surface area (Å²) in [6.45, 7) is 2.02. The number of nitrogens with zero attached hydrogens (tertiary/aromatic N) is 2. The minimum Gasteiger partial charge on any atom is -0.275 e. The molecular formula is C8H9ClN2O. The molecule has 0 N–H and O–H groups in total. The highest BCUT2D eigenvalue weighted by molar-refractivity contribution is 6.67. The summed E-state index contributed by atoms with van der Waals surface area (Å²) in [7, 11) is 0. The van der Waals surface area contributed by atoms with Gasteiger partial charge in [-0.25, -0.2) is 9.97 Å². The van der Waals surface area contributed by atoms with Crippen molar-refractivity contribution in [3.8, 4) is 0 Å². The zero-order chi connectivity index (χ0) is 8.97. The Bertz CT molecular complexity index is 288. The molecule has 0 amide bonds. The van der Waals surface area contributed by atoms with Crippen molar-refractivity contribution in [2.45, 2.75) is 19.8 Å². The number of halogens is 1. The second kappa shape index (κ2) is 4.16. The Morgan fingerprint density at radius 2 is 2.42 bits per heavy atom. The fraction of sp³-hybridized carbons (Fsp3) is 0.375. The third kappa shape index (κ3) is 2.01. The minimum atomic E-state index is -0.487. The molecule has 3 nitrogen and oxygen atoms in total. The molecular weight excluding hydrogens is 176 g/mol. The first-order chi connectivity index (χ1) is 5.75. The van der Waals surface area contributed by atoms with E-state index >= 15 is 0 Å². The molecule has 0 saturated carbocycles. The smallest absolute Gasteiger partial charge is 0.255 e. The molecule has 1 rings (SSSR count). The number of hydrogen-bond donors (Lipinski definition) is 0.